The van der Waals surface area contributed by atoms with E-state index in [1.54, 1.807) is 18.8 Å². The lowest BCUT2D eigenvalue weighted by molar-refractivity contribution is 0.395. The molecule has 2 rings (SSSR count). The summed E-state index contributed by atoms with van der Waals surface area (Å²) in [5, 5.41) is 0. The zero-order valence-electron chi connectivity index (χ0n) is 11.0. The molecule has 0 saturated carbocycles. The van der Waals surface area contributed by atoms with Gasteiger partial charge in [0.2, 0.25) is 0 Å². The average Bonchev–Trinajstić information content (AvgIpc) is 2.67. The van der Waals surface area contributed by atoms with Gasteiger partial charge in [-0.2, -0.15) is 0 Å². The fourth-order valence-corrected chi connectivity index (χ4v) is 1.93. The summed E-state index contributed by atoms with van der Waals surface area (Å²) in [7, 11) is 5.12. The van der Waals surface area contributed by atoms with Crippen LogP contribution in [0.4, 0.5) is 5.95 Å². The van der Waals surface area contributed by atoms with Crippen molar-refractivity contribution >= 4 is 5.95 Å². The molecule has 0 aliphatic heterocycles. The SMILES string of the molecule is COc1cc(C)c(-c2cn(C)c(N)n2)c(OC)c1. The first-order valence-corrected chi connectivity index (χ1v) is 5.58. The molecule has 0 amide bonds. The van der Waals surface area contributed by atoms with Crippen molar-refractivity contribution in [2.45, 2.75) is 6.92 Å². The second kappa shape index (κ2) is 4.60. The Morgan fingerprint density at radius 2 is 1.94 bits per heavy atom. The molecule has 1 heterocycles. The molecular formula is C13H17N3O2. The molecule has 18 heavy (non-hydrogen) atoms. The van der Waals surface area contributed by atoms with Gasteiger partial charge >= 0.3 is 0 Å². The summed E-state index contributed by atoms with van der Waals surface area (Å²) in [6, 6.07) is 3.79. The fraction of sp³-hybridized carbons (Fsp3) is 0.308. The van der Waals surface area contributed by atoms with E-state index < -0.39 is 0 Å². The fourth-order valence-electron chi connectivity index (χ4n) is 1.93. The number of imidazole rings is 1. The lowest BCUT2D eigenvalue weighted by Gasteiger charge is -2.11. The van der Waals surface area contributed by atoms with Crippen LogP contribution < -0.4 is 15.2 Å². The largest absolute Gasteiger partial charge is 0.497 e. The second-order valence-electron chi connectivity index (χ2n) is 4.12. The van der Waals surface area contributed by atoms with Crippen LogP contribution in [0.2, 0.25) is 0 Å². The summed E-state index contributed by atoms with van der Waals surface area (Å²) in [6.45, 7) is 1.99. The Balaban J connectivity index is 2.62. The van der Waals surface area contributed by atoms with Crippen molar-refractivity contribution in [1.29, 1.82) is 0 Å². The van der Waals surface area contributed by atoms with Gasteiger partial charge in [-0.25, -0.2) is 4.98 Å². The van der Waals surface area contributed by atoms with Gasteiger partial charge in [0, 0.05) is 24.9 Å². The summed E-state index contributed by atoms with van der Waals surface area (Å²) >= 11 is 0. The molecule has 0 spiro atoms. The summed E-state index contributed by atoms with van der Waals surface area (Å²) in [6.07, 6.45) is 1.88. The van der Waals surface area contributed by atoms with Gasteiger partial charge in [0.15, 0.2) is 5.95 Å². The van der Waals surface area contributed by atoms with Crippen molar-refractivity contribution in [3.8, 4) is 22.8 Å². The van der Waals surface area contributed by atoms with Crippen LogP contribution in [0.5, 0.6) is 11.5 Å². The number of hydrogen-bond acceptors (Lipinski definition) is 4. The predicted octanol–water partition coefficient (Wildman–Crippen LogP) is 1.99. The van der Waals surface area contributed by atoms with Crippen molar-refractivity contribution in [3.63, 3.8) is 0 Å². The number of nitrogens with zero attached hydrogens (tertiary/aromatic N) is 2. The Morgan fingerprint density at radius 1 is 1.22 bits per heavy atom. The molecular weight excluding hydrogens is 230 g/mol. The van der Waals surface area contributed by atoms with Crippen LogP contribution in [-0.4, -0.2) is 23.8 Å². The van der Waals surface area contributed by atoms with Gasteiger partial charge < -0.3 is 19.8 Å². The van der Waals surface area contributed by atoms with E-state index in [-0.39, 0.29) is 0 Å². The third kappa shape index (κ3) is 1.99. The smallest absolute Gasteiger partial charge is 0.200 e. The van der Waals surface area contributed by atoms with Crippen LogP contribution >= 0.6 is 0 Å². The molecule has 1 aromatic heterocycles. The summed E-state index contributed by atoms with van der Waals surface area (Å²) < 4.78 is 12.4. The van der Waals surface area contributed by atoms with Crippen LogP contribution in [0.15, 0.2) is 18.3 Å². The van der Waals surface area contributed by atoms with Crippen molar-refractivity contribution in [3.05, 3.63) is 23.9 Å². The van der Waals surface area contributed by atoms with Crippen LogP contribution in [-0.2, 0) is 7.05 Å². The standard InChI is InChI=1S/C13H17N3O2/c1-8-5-9(17-3)6-11(18-4)12(8)10-7-16(2)13(14)15-10/h5-7H,1-4H3,(H2,14,15). The minimum absolute atomic E-state index is 0.474. The zero-order chi connectivity index (χ0) is 13.3. The molecule has 0 atom stereocenters. The Labute approximate surface area is 106 Å². The van der Waals surface area contributed by atoms with Crippen molar-refractivity contribution < 1.29 is 9.47 Å². The second-order valence-corrected chi connectivity index (χ2v) is 4.12. The Bertz CT molecular complexity index is 556. The van der Waals surface area contributed by atoms with Crippen molar-refractivity contribution in [2.24, 2.45) is 7.05 Å². The van der Waals surface area contributed by atoms with Crippen molar-refractivity contribution in [2.75, 3.05) is 20.0 Å². The number of hydrogen-bond donors (Lipinski definition) is 1. The van der Waals surface area contributed by atoms with E-state index >= 15 is 0 Å². The van der Waals surface area contributed by atoms with Crippen LogP contribution in [0.1, 0.15) is 5.56 Å². The predicted molar refractivity (Wildman–Crippen MR) is 70.9 cm³/mol. The summed E-state index contributed by atoms with van der Waals surface area (Å²) in [5.41, 5.74) is 8.53. The van der Waals surface area contributed by atoms with E-state index in [9.17, 15) is 0 Å². The third-order valence-corrected chi connectivity index (χ3v) is 2.90. The highest BCUT2D eigenvalue weighted by atomic mass is 16.5. The summed E-state index contributed by atoms with van der Waals surface area (Å²) in [5.74, 6) is 1.96. The van der Waals surface area contributed by atoms with Crippen LogP contribution in [0.3, 0.4) is 0 Å². The number of nitrogens with two attached hydrogens (primary N) is 1. The maximum absolute atomic E-state index is 5.76. The van der Waals surface area contributed by atoms with Gasteiger partial charge in [-0.05, 0) is 18.6 Å². The molecule has 0 bridgehead atoms. The monoisotopic (exact) mass is 247 g/mol. The molecule has 2 aromatic rings. The van der Waals surface area contributed by atoms with Gasteiger partial charge in [-0.3, -0.25) is 0 Å². The van der Waals surface area contributed by atoms with Gasteiger partial charge in [-0.15, -0.1) is 0 Å². The number of anilines is 1. The summed E-state index contributed by atoms with van der Waals surface area (Å²) in [4.78, 5) is 4.33. The highest BCUT2D eigenvalue weighted by Crippen LogP contribution is 2.36. The first-order valence-electron chi connectivity index (χ1n) is 5.58. The number of aromatic nitrogens is 2. The van der Waals surface area contributed by atoms with E-state index in [4.69, 9.17) is 15.2 Å². The van der Waals surface area contributed by atoms with Gasteiger partial charge in [0.05, 0.1) is 19.9 Å². The van der Waals surface area contributed by atoms with Gasteiger partial charge in [-0.1, -0.05) is 0 Å². The lowest BCUT2D eigenvalue weighted by atomic mass is 10.0. The van der Waals surface area contributed by atoms with E-state index in [1.807, 2.05) is 32.3 Å². The number of benzene rings is 1. The number of methoxy groups -OCH3 is 2. The first-order chi connectivity index (χ1) is 8.56. The Hall–Kier alpha value is -2.17. The number of ether oxygens (including phenoxy) is 2. The quantitative estimate of drug-likeness (QED) is 0.901. The minimum atomic E-state index is 0.474. The highest BCUT2D eigenvalue weighted by Gasteiger charge is 2.15. The van der Waals surface area contributed by atoms with Crippen molar-refractivity contribution in [1.82, 2.24) is 9.55 Å². The first kappa shape index (κ1) is 12.3. The van der Waals surface area contributed by atoms with Crippen LogP contribution in [0, 0.1) is 6.92 Å². The highest BCUT2D eigenvalue weighted by molar-refractivity contribution is 5.73. The topological polar surface area (TPSA) is 62.3 Å². The van der Waals surface area contributed by atoms with E-state index in [0.29, 0.717) is 5.95 Å². The Morgan fingerprint density at radius 3 is 2.44 bits per heavy atom. The molecule has 0 aliphatic carbocycles. The average molecular weight is 247 g/mol. The minimum Gasteiger partial charge on any atom is -0.497 e. The van der Waals surface area contributed by atoms with E-state index in [1.165, 1.54) is 0 Å². The van der Waals surface area contributed by atoms with Gasteiger partial charge in [0.25, 0.3) is 0 Å². The molecule has 1 aromatic carbocycles. The number of rotatable bonds is 3. The molecule has 5 heteroatoms. The molecule has 5 nitrogen and oxygen atoms in total. The molecule has 0 radical (unpaired) electrons. The molecule has 0 saturated heterocycles. The third-order valence-electron chi connectivity index (χ3n) is 2.90. The molecule has 96 valence electrons. The molecule has 2 N–H and O–H groups in total. The number of nitrogen functional groups attached to an aromatic ring is 1. The van der Waals surface area contributed by atoms with Gasteiger partial charge in [0.1, 0.15) is 11.5 Å². The van der Waals surface area contributed by atoms with Crippen LogP contribution in [0.25, 0.3) is 11.3 Å². The van der Waals surface area contributed by atoms with E-state index in [2.05, 4.69) is 4.98 Å². The Kier molecular flexibility index (Phi) is 3.14. The molecule has 0 unspecified atom stereocenters. The lowest BCUT2D eigenvalue weighted by Crippen LogP contribution is -1.95. The van der Waals surface area contributed by atoms with E-state index in [0.717, 1.165) is 28.3 Å². The zero-order valence-corrected chi connectivity index (χ0v) is 11.0. The maximum Gasteiger partial charge on any atom is 0.200 e. The molecule has 0 fully saturated rings. The molecule has 0 aliphatic rings. The maximum atomic E-state index is 5.76. The normalized spacial score (nSPS) is 10.4. The number of aryl methyl sites for hydroxylation is 2.